The maximum atomic E-state index is 5.44. The Bertz CT molecular complexity index is 417. The molecule has 2 heteroatoms. The van der Waals surface area contributed by atoms with Crippen LogP contribution in [-0.2, 0) is 6.42 Å². The zero-order chi connectivity index (χ0) is 14.6. The maximum Gasteiger partial charge on any atom is 0.122 e. The first-order valence-electron chi connectivity index (χ1n) is 7.88. The number of para-hydroxylation sites is 1. The van der Waals surface area contributed by atoms with Gasteiger partial charge in [-0.15, -0.1) is 0 Å². The van der Waals surface area contributed by atoms with E-state index in [9.17, 15) is 0 Å². The van der Waals surface area contributed by atoms with Gasteiger partial charge in [0, 0.05) is 12.1 Å². The molecule has 1 N–H and O–H groups in total. The van der Waals surface area contributed by atoms with E-state index in [2.05, 4.69) is 38.2 Å². The summed E-state index contributed by atoms with van der Waals surface area (Å²) in [6.07, 6.45) is 6.33. The highest BCUT2D eigenvalue weighted by atomic mass is 16.5. The molecule has 0 aliphatic heterocycles. The normalized spacial score (nSPS) is 20.6. The highest BCUT2D eigenvalue weighted by molar-refractivity contribution is 5.33. The van der Waals surface area contributed by atoms with Crippen molar-refractivity contribution in [1.29, 1.82) is 0 Å². The number of ether oxygens (including phenoxy) is 1. The molecular formula is C18H29NO. The van der Waals surface area contributed by atoms with E-state index in [1.165, 1.54) is 31.2 Å². The quantitative estimate of drug-likeness (QED) is 0.870. The molecule has 1 aromatic carbocycles. The highest BCUT2D eigenvalue weighted by Gasteiger charge is 2.27. The Morgan fingerprint density at radius 1 is 1.25 bits per heavy atom. The summed E-state index contributed by atoms with van der Waals surface area (Å²) in [5.74, 6) is 1.01. The highest BCUT2D eigenvalue weighted by Crippen LogP contribution is 2.35. The van der Waals surface area contributed by atoms with Gasteiger partial charge in [-0.2, -0.15) is 0 Å². The summed E-state index contributed by atoms with van der Waals surface area (Å²) in [5.41, 5.74) is 1.84. The van der Waals surface area contributed by atoms with Gasteiger partial charge in [0.15, 0.2) is 0 Å². The number of methoxy groups -OCH3 is 1. The molecule has 1 aliphatic rings. The molecule has 1 aliphatic carbocycles. The molecule has 0 bridgehead atoms. The second-order valence-corrected chi connectivity index (χ2v) is 7.02. The molecule has 112 valence electrons. The van der Waals surface area contributed by atoms with Crippen molar-refractivity contribution in [2.24, 2.45) is 5.41 Å². The number of benzene rings is 1. The van der Waals surface area contributed by atoms with Gasteiger partial charge in [0.2, 0.25) is 0 Å². The first-order chi connectivity index (χ1) is 9.50. The molecule has 1 fully saturated rings. The second kappa shape index (κ2) is 6.62. The van der Waals surface area contributed by atoms with E-state index < -0.39 is 0 Å². The summed E-state index contributed by atoms with van der Waals surface area (Å²) in [5, 5.41) is 3.80. The topological polar surface area (TPSA) is 21.3 Å². The van der Waals surface area contributed by atoms with Crippen molar-refractivity contribution in [3.8, 4) is 5.75 Å². The minimum absolute atomic E-state index is 0.498. The van der Waals surface area contributed by atoms with E-state index >= 15 is 0 Å². The van der Waals surface area contributed by atoms with Gasteiger partial charge >= 0.3 is 0 Å². The van der Waals surface area contributed by atoms with Gasteiger partial charge in [-0.1, -0.05) is 32.0 Å². The smallest absolute Gasteiger partial charge is 0.122 e. The molecular weight excluding hydrogens is 246 g/mol. The van der Waals surface area contributed by atoms with Crippen LogP contribution in [-0.4, -0.2) is 19.2 Å². The molecule has 1 unspecified atom stereocenters. The minimum atomic E-state index is 0.498. The Balaban J connectivity index is 1.85. The van der Waals surface area contributed by atoms with Crippen LogP contribution in [0.25, 0.3) is 0 Å². The fraction of sp³-hybridized carbons (Fsp3) is 0.667. The Labute approximate surface area is 123 Å². The van der Waals surface area contributed by atoms with Crippen LogP contribution in [0.3, 0.4) is 0 Å². The van der Waals surface area contributed by atoms with Crippen molar-refractivity contribution in [3.63, 3.8) is 0 Å². The minimum Gasteiger partial charge on any atom is -0.496 e. The molecule has 20 heavy (non-hydrogen) atoms. The number of nitrogens with one attached hydrogen (secondary N) is 1. The van der Waals surface area contributed by atoms with E-state index in [1.807, 2.05) is 12.1 Å². The van der Waals surface area contributed by atoms with Gasteiger partial charge in [0.1, 0.15) is 5.75 Å². The summed E-state index contributed by atoms with van der Waals surface area (Å²) >= 11 is 0. The Morgan fingerprint density at radius 2 is 1.90 bits per heavy atom. The third-order valence-electron chi connectivity index (χ3n) is 4.58. The maximum absolute atomic E-state index is 5.44. The van der Waals surface area contributed by atoms with E-state index in [0.29, 0.717) is 17.5 Å². The Morgan fingerprint density at radius 3 is 2.55 bits per heavy atom. The van der Waals surface area contributed by atoms with E-state index in [0.717, 1.165) is 12.2 Å². The number of hydrogen-bond acceptors (Lipinski definition) is 2. The summed E-state index contributed by atoms with van der Waals surface area (Å²) < 4.78 is 5.44. The Kier molecular flexibility index (Phi) is 5.09. The van der Waals surface area contributed by atoms with Crippen LogP contribution >= 0.6 is 0 Å². The third kappa shape index (κ3) is 4.24. The lowest BCUT2D eigenvalue weighted by molar-refractivity contribution is 0.199. The van der Waals surface area contributed by atoms with Crippen molar-refractivity contribution < 1.29 is 4.74 Å². The fourth-order valence-corrected chi connectivity index (χ4v) is 3.23. The van der Waals surface area contributed by atoms with E-state index in [4.69, 9.17) is 4.74 Å². The molecule has 2 rings (SSSR count). The molecule has 0 saturated heterocycles. The van der Waals surface area contributed by atoms with Crippen LogP contribution in [0, 0.1) is 5.41 Å². The predicted molar refractivity (Wildman–Crippen MR) is 85.3 cm³/mol. The largest absolute Gasteiger partial charge is 0.496 e. The first kappa shape index (κ1) is 15.4. The lowest BCUT2D eigenvalue weighted by Gasteiger charge is -2.36. The van der Waals surface area contributed by atoms with Crippen LogP contribution in [0.15, 0.2) is 24.3 Å². The SMILES string of the molecule is COc1ccccc1CC(C)NC1CCC(C)(C)CC1. The van der Waals surface area contributed by atoms with Crippen LogP contribution in [0.1, 0.15) is 52.0 Å². The molecule has 0 amide bonds. The molecule has 0 heterocycles. The second-order valence-electron chi connectivity index (χ2n) is 7.02. The monoisotopic (exact) mass is 275 g/mol. The molecule has 1 aromatic rings. The molecule has 1 atom stereocenters. The van der Waals surface area contributed by atoms with Gasteiger partial charge in [0.25, 0.3) is 0 Å². The van der Waals surface area contributed by atoms with Crippen molar-refractivity contribution in [1.82, 2.24) is 5.32 Å². The van der Waals surface area contributed by atoms with Gasteiger partial charge in [-0.3, -0.25) is 0 Å². The van der Waals surface area contributed by atoms with Gasteiger partial charge in [-0.25, -0.2) is 0 Å². The van der Waals surface area contributed by atoms with Crippen molar-refractivity contribution in [2.75, 3.05) is 7.11 Å². The first-order valence-corrected chi connectivity index (χ1v) is 7.88. The molecule has 0 aromatic heterocycles. The zero-order valence-corrected chi connectivity index (χ0v) is 13.4. The van der Waals surface area contributed by atoms with Crippen molar-refractivity contribution >= 4 is 0 Å². The average molecular weight is 275 g/mol. The van der Waals surface area contributed by atoms with Crippen LogP contribution in [0.5, 0.6) is 5.75 Å². The average Bonchev–Trinajstić information content (AvgIpc) is 2.42. The van der Waals surface area contributed by atoms with Crippen LogP contribution < -0.4 is 10.1 Å². The van der Waals surface area contributed by atoms with Crippen LogP contribution in [0.4, 0.5) is 0 Å². The summed E-state index contributed by atoms with van der Waals surface area (Å²) in [6, 6.07) is 9.52. The van der Waals surface area contributed by atoms with Gasteiger partial charge in [0.05, 0.1) is 7.11 Å². The third-order valence-corrected chi connectivity index (χ3v) is 4.58. The summed E-state index contributed by atoms with van der Waals surface area (Å²) in [7, 11) is 1.75. The molecule has 0 radical (unpaired) electrons. The zero-order valence-electron chi connectivity index (χ0n) is 13.4. The molecule has 1 saturated carbocycles. The van der Waals surface area contributed by atoms with E-state index in [-0.39, 0.29) is 0 Å². The lowest BCUT2D eigenvalue weighted by Crippen LogP contribution is -2.41. The van der Waals surface area contributed by atoms with Crippen LogP contribution in [0.2, 0.25) is 0 Å². The van der Waals surface area contributed by atoms with Gasteiger partial charge in [-0.05, 0) is 56.1 Å². The van der Waals surface area contributed by atoms with Crippen molar-refractivity contribution in [3.05, 3.63) is 29.8 Å². The fourth-order valence-electron chi connectivity index (χ4n) is 3.23. The molecule has 2 nitrogen and oxygen atoms in total. The summed E-state index contributed by atoms with van der Waals surface area (Å²) in [6.45, 7) is 7.06. The van der Waals surface area contributed by atoms with E-state index in [1.54, 1.807) is 7.11 Å². The number of rotatable bonds is 5. The lowest BCUT2D eigenvalue weighted by atomic mass is 9.75. The predicted octanol–water partition coefficient (Wildman–Crippen LogP) is 4.18. The van der Waals surface area contributed by atoms with Crippen molar-refractivity contribution in [2.45, 2.75) is 65.0 Å². The van der Waals surface area contributed by atoms with Gasteiger partial charge < -0.3 is 10.1 Å². The number of hydrogen-bond donors (Lipinski definition) is 1. The standard InChI is InChI=1S/C18H29NO/c1-14(13-15-7-5-6-8-17(15)20-4)19-16-9-11-18(2,3)12-10-16/h5-8,14,16,19H,9-13H2,1-4H3. The molecule has 0 spiro atoms. The summed E-state index contributed by atoms with van der Waals surface area (Å²) in [4.78, 5) is 0. The Hall–Kier alpha value is -1.02.